The molecule has 1 aliphatic heterocycles. The van der Waals surface area contributed by atoms with Gasteiger partial charge >= 0.3 is 0 Å². The predicted molar refractivity (Wildman–Crippen MR) is 101 cm³/mol. The van der Waals surface area contributed by atoms with Gasteiger partial charge in [0, 0.05) is 25.6 Å². The molecule has 5 nitrogen and oxygen atoms in total. The Hall–Kier alpha value is -2.51. The molecule has 0 radical (unpaired) electrons. The molecule has 4 rings (SSSR count). The molecule has 1 unspecified atom stereocenters. The number of amides is 1. The van der Waals surface area contributed by atoms with E-state index < -0.39 is 35.1 Å². The molecule has 1 saturated carbocycles. The van der Waals surface area contributed by atoms with Crippen LogP contribution in [-0.2, 0) is 7.05 Å². The fourth-order valence-corrected chi connectivity index (χ4v) is 4.15. The van der Waals surface area contributed by atoms with E-state index in [9.17, 15) is 18.0 Å². The van der Waals surface area contributed by atoms with E-state index in [0.717, 1.165) is 24.2 Å². The molecule has 156 valence electrons. The monoisotopic (exact) mass is 407 g/mol. The molecule has 8 heteroatoms. The number of rotatable bonds is 5. The molecule has 2 aromatic rings. The fraction of sp³-hybridized carbons (Fsp3) is 0.524. The van der Waals surface area contributed by atoms with Gasteiger partial charge in [-0.15, -0.1) is 0 Å². The minimum absolute atomic E-state index is 0.0331. The minimum Gasteiger partial charge on any atom is -0.488 e. The first kappa shape index (κ1) is 19.8. The van der Waals surface area contributed by atoms with Gasteiger partial charge in [-0.2, -0.15) is 9.49 Å². The second kappa shape index (κ2) is 7.07. The Labute approximate surface area is 167 Å². The first-order valence-corrected chi connectivity index (χ1v) is 9.77. The molecule has 1 atom stereocenters. The van der Waals surface area contributed by atoms with Crippen LogP contribution in [0.3, 0.4) is 0 Å². The lowest BCUT2D eigenvalue weighted by Crippen LogP contribution is -2.42. The Kier molecular flexibility index (Phi) is 4.83. The van der Waals surface area contributed by atoms with E-state index in [0.29, 0.717) is 17.6 Å². The van der Waals surface area contributed by atoms with Crippen molar-refractivity contribution in [2.75, 3.05) is 6.54 Å². The number of hydrogen-bond donors (Lipinski definition) is 0. The molecule has 2 heterocycles. The molecule has 29 heavy (non-hydrogen) atoms. The molecule has 0 spiro atoms. The van der Waals surface area contributed by atoms with Gasteiger partial charge in [-0.3, -0.25) is 4.79 Å². The highest BCUT2D eigenvalue weighted by atomic mass is 19.3. The highest BCUT2D eigenvalue weighted by Gasteiger charge is 2.41. The first-order valence-electron chi connectivity index (χ1n) is 9.77. The summed E-state index contributed by atoms with van der Waals surface area (Å²) >= 11 is 0. The van der Waals surface area contributed by atoms with Gasteiger partial charge < -0.3 is 9.64 Å². The summed E-state index contributed by atoms with van der Waals surface area (Å²) < 4.78 is 48.0. The summed E-state index contributed by atoms with van der Waals surface area (Å²) in [7, 11) is 1.22. The molecule has 1 amide bonds. The van der Waals surface area contributed by atoms with Crippen LogP contribution in [0.15, 0.2) is 24.3 Å². The number of aryl methyl sites for hydroxylation is 1. The van der Waals surface area contributed by atoms with Crippen LogP contribution in [0.5, 0.6) is 5.75 Å². The Bertz CT molecular complexity index is 937. The molecule has 1 aromatic carbocycles. The van der Waals surface area contributed by atoms with E-state index in [1.54, 1.807) is 4.90 Å². The van der Waals surface area contributed by atoms with Crippen LogP contribution in [0.2, 0.25) is 0 Å². The summed E-state index contributed by atoms with van der Waals surface area (Å²) in [5.74, 6) is -1.01. The number of halogens is 3. The van der Waals surface area contributed by atoms with Crippen molar-refractivity contribution in [2.45, 2.75) is 57.1 Å². The van der Waals surface area contributed by atoms with Crippen LogP contribution >= 0.6 is 0 Å². The van der Waals surface area contributed by atoms with E-state index in [1.165, 1.54) is 7.05 Å². The predicted octanol–water partition coefficient (Wildman–Crippen LogP) is 4.45. The molecule has 1 fully saturated rings. The maximum Gasteiger partial charge on any atom is 0.283 e. The Morgan fingerprint density at radius 1 is 1.34 bits per heavy atom. The molecule has 0 saturated heterocycles. The third-order valence-corrected chi connectivity index (χ3v) is 5.57. The maximum absolute atomic E-state index is 14.5. The van der Waals surface area contributed by atoms with Gasteiger partial charge in [-0.1, -0.05) is 18.2 Å². The second-order valence-electron chi connectivity index (χ2n) is 8.46. The lowest BCUT2D eigenvalue weighted by molar-refractivity contribution is 0.0538. The average Bonchev–Trinajstić information content (AvgIpc) is 3.44. The number of alkyl halides is 2. The third-order valence-electron chi connectivity index (χ3n) is 5.57. The molecular weight excluding hydrogens is 383 g/mol. The van der Waals surface area contributed by atoms with Gasteiger partial charge in [-0.05, 0) is 44.7 Å². The zero-order valence-corrected chi connectivity index (χ0v) is 16.7. The number of benzene rings is 1. The zero-order chi connectivity index (χ0) is 20.9. The van der Waals surface area contributed by atoms with Crippen molar-refractivity contribution in [3.8, 4) is 5.75 Å². The second-order valence-corrected chi connectivity index (χ2v) is 8.46. The number of ether oxygens (including phenoxy) is 1. The van der Waals surface area contributed by atoms with E-state index in [4.69, 9.17) is 4.74 Å². The topological polar surface area (TPSA) is 47.4 Å². The van der Waals surface area contributed by atoms with Gasteiger partial charge in [0.1, 0.15) is 22.6 Å². The van der Waals surface area contributed by atoms with Crippen molar-refractivity contribution < 1.29 is 22.7 Å². The molecule has 2 aliphatic rings. The van der Waals surface area contributed by atoms with Crippen LogP contribution in [0.25, 0.3) is 0 Å². The average molecular weight is 407 g/mol. The number of fused-ring (bicyclic) bond motifs is 1. The van der Waals surface area contributed by atoms with Gasteiger partial charge in [-0.25, -0.2) is 13.5 Å². The summed E-state index contributed by atoms with van der Waals surface area (Å²) in [6.07, 6.45) is -0.788. The number of aromatic nitrogens is 2. The van der Waals surface area contributed by atoms with Gasteiger partial charge in [0.15, 0.2) is 0 Å². The van der Waals surface area contributed by atoms with Crippen LogP contribution in [0.1, 0.15) is 67.1 Å². The maximum atomic E-state index is 14.5. The number of nitrogens with zero attached hydrogens (tertiary/aromatic N) is 3. The highest BCUT2D eigenvalue weighted by Crippen LogP contribution is 2.42. The van der Waals surface area contributed by atoms with Crippen LogP contribution < -0.4 is 4.74 Å². The lowest BCUT2D eigenvalue weighted by atomic mass is 9.84. The van der Waals surface area contributed by atoms with Crippen LogP contribution in [0, 0.1) is 5.95 Å². The van der Waals surface area contributed by atoms with E-state index >= 15 is 0 Å². The number of carbonyl (C=O) groups is 1. The number of para-hydroxylation sites is 1. The van der Waals surface area contributed by atoms with Crippen molar-refractivity contribution in [3.05, 3.63) is 47.0 Å². The Morgan fingerprint density at radius 2 is 2.03 bits per heavy atom. The van der Waals surface area contributed by atoms with Crippen molar-refractivity contribution in [2.24, 2.45) is 7.05 Å². The summed E-state index contributed by atoms with van der Waals surface area (Å²) in [4.78, 5) is 14.8. The SMILES string of the molecule is Cn1nc(C(F)F)c(C(=O)N(CC2CC(C)(C)Oc3ccccc32)C2CC2)c1F. The Balaban J connectivity index is 1.68. The third kappa shape index (κ3) is 3.72. The summed E-state index contributed by atoms with van der Waals surface area (Å²) in [6, 6.07) is 7.58. The normalized spacial score (nSPS) is 20.3. The summed E-state index contributed by atoms with van der Waals surface area (Å²) in [5.41, 5.74) is -0.862. The number of carbonyl (C=O) groups excluding carboxylic acids is 1. The molecule has 1 aliphatic carbocycles. The van der Waals surface area contributed by atoms with Crippen molar-refractivity contribution in [1.82, 2.24) is 14.7 Å². The van der Waals surface area contributed by atoms with E-state index in [1.807, 2.05) is 38.1 Å². The number of hydrogen-bond acceptors (Lipinski definition) is 3. The quantitative estimate of drug-likeness (QED) is 0.736. The minimum atomic E-state index is -3.02. The lowest BCUT2D eigenvalue weighted by Gasteiger charge is -2.39. The van der Waals surface area contributed by atoms with Crippen LogP contribution in [-0.4, -0.2) is 38.8 Å². The molecule has 0 bridgehead atoms. The van der Waals surface area contributed by atoms with Gasteiger partial charge in [0.2, 0.25) is 5.95 Å². The molecule has 0 N–H and O–H groups in total. The zero-order valence-electron chi connectivity index (χ0n) is 16.7. The van der Waals surface area contributed by atoms with Gasteiger partial charge in [0.25, 0.3) is 12.3 Å². The highest BCUT2D eigenvalue weighted by molar-refractivity contribution is 5.96. The molecule has 1 aromatic heterocycles. The largest absolute Gasteiger partial charge is 0.488 e. The van der Waals surface area contributed by atoms with Gasteiger partial charge in [0.05, 0.1) is 0 Å². The standard InChI is InChI=1S/C21H24F3N3O2/c1-21(2)10-12(14-6-4-5-7-15(14)29-21)11-27(13-8-9-13)20(28)16-17(18(22)23)25-26(3)19(16)24/h4-7,12-13,18H,8-11H2,1-3H3. The van der Waals surface area contributed by atoms with E-state index in [-0.39, 0.29) is 12.0 Å². The first-order chi connectivity index (χ1) is 13.7. The Morgan fingerprint density at radius 3 is 2.69 bits per heavy atom. The summed E-state index contributed by atoms with van der Waals surface area (Å²) in [6.45, 7) is 4.29. The van der Waals surface area contributed by atoms with Crippen molar-refractivity contribution >= 4 is 5.91 Å². The van der Waals surface area contributed by atoms with Crippen molar-refractivity contribution in [3.63, 3.8) is 0 Å². The summed E-state index contributed by atoms with van der Waals surface area (Å²) in [5, 5.41) is 3.52. The van der Waals surface area contributed by atoms with E-state index in [2.05, 4.69) is 5.10 Å². The fourth-order valence-electron chi connectivity index (χ4n) is 4.15. The van der Waals surface area contributed by atoms with Crippen LogP contribution in [0.4, 0.5) is 13.2 Å². The molecular formula is C21H24F3N3O2. The smallest absolute Gasteiger partial charge is 0.283 e. The van der Waals surface area contributed by atoms with Crippen molar-refractivity contribution in [1.29, 1.82) is 0 Å².